The van der Waals surface area contributed by atoms with Crippen molar-refractivity contribution in [3.63, 3.8) is 0 Å². The molecular formula is C24H21N3O3S. The van der Waals surface area contributed by atoms with Crippen molar-refractivity contribution in [1.29, 1.82) is 0 Å². The molecule has 1 saturated heterocycles. The lowest BCUT2D eigenvalue weighted by atomic mass is 9.98. The second-order valence-corrected chi connectivity index (χ2v) is 8.83. The molecule has 3 aromatic rings. The fourth-order valence-electron chi connectivity index (χ4n) is 4.30. The van der Waals surface area contributed by atoms with Crippen molar-refractivity contribution >= 4 is 29.1 Å². The maximum Gasteiger partial charge on any atom is 0.261 e. The quantitative estimate of drug-likeness (QED) is 0.587. The molecule has 1 aromatic heterocycles. The highest BCUT2D eigenvalue weighted by molar-refractivity contribution is 7.09. The molecule has 5 rings (SSSR count). The number of imide groups is 1. The van der Waals surface area contributed by atoms with Crippen molar-refractivity contribution in [3.05, 3.63) is 87.4 Å². The molecule has 0 bridgehead atoms. The van der Waals surface area contributed by atoms with E-state index in [1.807, 2.05) is 28.6 Å². The largest absolute Gasteiger partial charge is 0.338 e. The van der Waals surface area contributed by atoms with Gasteiger partial charge in [-0.2, -0.15) is 0 Å². The van der Waals surface area contributed by atoms with Crippen LogP contribution in [0, 0.1) is 0 Å². The minimum absolute atomic E-state index is 0.00790. The average molecular weight is 432 g/mol. The van der Waals surface area contributed by atoms with Crippen LogP contribution in [-0.4, -0.2) is 45.6 Å². The number of carbonyl (C=O) groups is 3. The maximum atomic E-state index is 13.0. The summed E-state index contributed by atoms with van der Waals surface area (Å²) in [6.45, 7) is 1.62. The van der Waals surface area contributed by atoms with Crippen LogP contribution in [0.5, 0.6) is 0 Å². The Morgan fingerprint density at radius 3 is 2.39 bits per heavy atom. The SMILES string of the molecule is O=C(c1ccc(CN2C(=O)c3ccccc3C2=O)cc1)N1CCCC(c2nccs2)C1. The van der Waals surface area contributed by atoms with Gasteiger partial charge in [-0.3, -0.25) is 19.3 Å². The van der Waals surface area contributed by atoms with Gasteiger partial charge in [-0.15, -0.1) is 11.3 Å². The monoisotopic (exact) mass is 431 g/mol. The Morgan fingerprint density at radius 1 is 1.03 bits per heavy atom. The van der Waals surface area contributed by atoms with Gasteiger partial charge >= 0.3 is 0 Å². The Labute approximate surface area is 184 Å². The topological polar surface area (TPSA) is 70.6 Å². The Bertz CT molecular complexity index is 1110. The zero-order valence-electron chi connectivity index (χ0n) is 16.9. The van der Waals surface area contributed by atoms with Gasteiger partial charge < -0.3 is 4.90 Å². The van der Waals surface area contributed by atoms with Gasteiger partial charge in [-0.05, 0) is 42.7 Å². The molecule has 2 aliphatic rings. The zero-order chi connectivity index (χ0) is 21.4. The standard InChI is InChI=1S/C24H21N3O3S/c28-22(26-12-3-4-18(15-26)21-25-11-13-31-21)17-9-7-16(8-10-17)14-27-23(29)19-5-1-2-6-20(19)24(27)30/h1-2,5-11,13,18H,3-4,12,14-15H2. The van der Waals surface area contributed by atoms with Crippen LogP contribution >= 0.6 is 11.3 Å². The van der Waals surface area contributed by atoms with Gasteiger partial charge in [0.1, 0.15) is 0 Å². The third-order valence-electron chi connectivity index (χ3n) is 5.93. The predicted molar refractivity (Wildman–Crippen MR) is 117 cm³/mol. The number of likely N-dealkylation sites (tertiary alicyclic amines) is 1. The van der Waals surface area contributed by atoms with Crippen LogP contribution < -0.4 is 0 Å². The first-order valence-corrected chi connectivity index (χ1v) is 11.2. The van der Waals surface area contributed by atoms with E-state index in [1.165, 1.54) is 4.90 Å². The van der Waals surface area contributed by atoms with Gasteiger partial charge in [0.2, 0.25) is 0 Å². The second kappa shape index (κ2) is 8.07. The van der Waals surface area contributed by atoms with Crippen LogP contribution in [0.2, 0.25) is 0 Å². The van der Waals surface area contributed by atoms with E-state index in [9.17, 15) is 14.4 Å². The number of piperidine rings is 1. The Kier molecular flexibility index (Phi) is 5.11. The summed E-state index contributed by atoms with van der Waals surface area (Å²) < 4.78 is 0. The van der Waals surface area contributed by atoms with Crippen LogP contribution in [-0.2, 0) is 6.54 Å². The highest BCUT2D eigenvalue weighted by Crippen LogP contribution is 2.29. The molecular weight excluding hydrogens is 410 g/mol. The van der Waals surface area contributed by atoms with E-state index in [4.69, 9.17) is 0 Å². The molecule has 6 nitrogen and oxygen atoms in total. The smallest absolute Gasteiger partial charge is 0.261 e. The molecule has 3 heterocycles. The molecule has 3 amide bonds. The second-order valence-electron chi connectivity index (χ2n) is 7.90. The van der Waals surface area contributed by atoms with Crippen molar-refractivity contribution in [2.45, 2.75) is 25.3 Å². The third kappa shape index (κ3) is 3.65. The normalized spacial score (nSPS) is 18.4. The number of carbonyl (C=O) groups excluding carboxylic acids is 3. The summed E-state index contributed by atoms with van der Waals surface area (Å²) in [4.78, 5) is 45.7. The third-order valence-corrected chi connectivity index (χ3v) is 6.87. The van der Waals surface area contributed by atoms with Crippen molar-refractivity contribution in [1.82, 2.24) is 14.8 Å². The maximum absolute atomic E-state index is 13.0. The van der Waals surface area contributed by atoms with Crippen molar-refractivity contribution < 1.29 is 14.4 Å². The molecule has 1 fully saturated rings. The van der Waals surface area contributed by atoms with E-state index < -0.39 is 0 Å². The number of aromatic nitrogens is 1. The molecule has 2 aromatic carbocycles. The van der Waals surface area contributed by atoms with Crippen molar-refractivity contribution in [2.24, 2.45) is 0 Å². The first-order valence-electron chi connectivity index (χ1n) is 10.3. The summed E-state index contributed by atoms with van der Waals surface area (Å²) in [6, 6.07) is 14.1. The predicted octanol–water partition coefficient (Wildman–Crippen LogP) is 3.96. The molecule has 31 heavy (non-hydrogen) atoms. The van der Waals surface area contributed by atoms with Crippen LogP contribution in [0.3, 0.4) is 0 Å². The van der Waals surface area contributed by atoms with Crippen LogP contribution in [0.15, 0.2) is 60.1 Å². The highest BCUT2D eigenvalue weighted by Gasteiger charge is 2.35. The Balaban J connectivity index is 1.27. The van der Waals surface area contributed by atoms with Gasteiger partial charge in [-0.25, -0.2) is 4.98 Å². The molecule has 0 aliphatic carbocycles. The van der Waals surface area contributed by atoms with E-state index in [0.29, 0.717) is 29.2 Å². The number of hydrogen-bond acceptors (Lipinski definition) is 5. The van der Waals surface area contributed by atoms with Crippen LogP contribution in [0.1, 0.15) is 60.4 Å². The lowest BCUT2D eigenvalue weighted by molar-refractivity contribution is 0.0640. The first kappa shape index (κ1) is 19.6. The van der Waals surface area contributed by atoms with E-state index in [0.717, 1.165) is 30.0 Å². The van der Waals surface area contributed by atoms with Crippen LogP contribution in [0.25, 0.3) is 0 Å². The van der Waals surface area contributed by atoms with Gasteiger partial charge in [0, 0.05) is 36.1 Å². The zero-order valence-corrected chi connectivity index (χ0v) is 17.7. The number of rotatable bonds is 4. The number of hydrogen-bond donors (Lipinski definition) is 0. The highest BCUT2D eigenvalue weighted by atomic mass is 32.1. The fraction of sp³-hybridized carbons (Fsp3) is 0.250. The number of benzene rings is 2. The lowest BCUT2D eigenvalue weighted by Gasteiger charge is -2.32. The summed E-state index contributed by atoms with van der Waals surface area (Å²) >= 11 is 1.64. The van der Waals surface area contributed by atoms with E-state index in [1.54, 1.807) is 47.7 Å². The number of nitrogens with zero attached hydrogens (tertiary/aromatic N) is 3. The van der Waals surface area contributed by atoms with Gasteiger partial charge in [0.05, 0.1) is 22.7 Å². The summed E-state index contributed by atoms with van der Waals surface area (Å²) in [5.74, 6) is -0.246. The molecule has 1 unspecified atom stereocenters. The van der Waals surface area contributed by atoms with E-state index >= 15 is 0 Å². The summed E-state index contributed by atoms with van der Waals surface area (Å²) in [6.07, 6.45) is 3.83. The summed E-state index contributed by atoms with van der Waals surface area (Å²) in [5.41, 5.74) is 2.31. The van der Waals surface area contributed by atoms with E-state index in [-0.39, 0.29) is 24.3 Å². The lowest BCUT2D eigenvalue weighted by Crippen LogP contribution is -2.39. The molecule has 156 valence electrons. The molecule has 0 saturated carbocycles. The fourth-order valence-corrected chi connectivity index (χ4v) is 5.07. The van der Waals surface area contributed by atoms with Gasteiger partial charge in [0.15, 0.2) is 0 Å². The van der Waals surface area contributed by atoms with Gasteiger partial charge in [0.25, 0.3) is 17.7 Å². The van der Waals surface area contributed by atoms with Gasteiger partial charge in [-0.1, -0.05) is 24.3 Å². The molecule has 0 radical (unpaired) electrons. The Morgan fingerprint density at radius 2 is 1.74 bits per heavy atom. The molecule has 0 N–H and O–H groups in total. The van der Waals surface area contributed by atoms with Crippen LogP contribution in [0.4, 0.5) is 0 Å². The average Bonchev–Trinajstić information content (AvgIpc) is 3.44. The van der Waals surface area contributed by atoms with Crippen molar-refractivity contribution in [3.8, 4) is 0 Å². The molecule has 0 spiro atoms. The van der Waals surface area contributed by atoms with Crippen molar-refractivity contribution in [2.75, 3.05) is 13.1 Å². The minimum Gasteiger partial charge on any atom is -0.338 e. The number of thiazole rings is 1. The molecule has 2 aliphatic heterocycles. The summed E-state index contributed by atoms with van der Waals surface area (Å²) in [7, 11) is 0. The minimum atomic E-state index is -0.276. The first-order chi connectivity index (χ1) is 15.1. The number of amides is 3. The summed E-state index contributed by atoms with van der Waals surface area (Å²) in [5, 5.41) is 3.07. The molecule has 7 heteroatoms. The molecule has 1 atom stereocenters. The number of fused-ring (bicyclic) bond motifs is 1. The Hall–Kier alpha value is -3.32. The van der Waals surface area contributed by atoms with E-state index in [2.05, 4.69) is 4.98 Å².